The van der Waals surface area contributed by atoms with Crippen molar-refractivity contribution in [1.29, 1.82) is 0 Å². The highest BCUT2D eigenvalue weighted by Crippen LogP contribution is 2.23. The smallest absolute Gasteiger partial charge is 0.389 e. The number of alkyl halides is 3. The van der Waals surface area contributed by atoms with Crippen molar-refractivity contribution in [3.05, 3.63) is 23.8 Å². The average Bonchev–Trinajstić information content (AvgIpc) is 2.28. The number of nitrogen functional groups attached to an aromatic ring is 1. The molecule has 5 nitrogen and oxygen atoms in total. The predicted octanol–water partition coefficient (Wildman–Crippen LogP) is 2.25. The average molecular weight is 276 g/mol. The number of carbonyl (C=O) groups excluding carboxylic acids is 1. The van der Waals surface area contributed by atoms with Gasteiger partial charge in [-0.15, -0.1) is 0 Å². The van der Waals surface area contributed by atoms with Gasteiger partial charge in [0.1, 0.15) is 0 Å². The van der Waals surface area contributed by atoms with Gasteiger partial charge in [0.2, 0.25) is 5.91 Å². The Bertz CT molecular complexity index is 500. The van der Waals surface area contributed by atoms with E-state index in [0.29, 0.717) is 0 Å². The first-order valence-electron chi connectivity index (χ1n) is 5.18. The highest BCUT2D eigenvalue weighted by Gasteiger charge is 2.27. The van der Waals surface area contributed by atoms with Crippen molar-refractivity contribution in [1.82, 2.24) is 0 Å². The zero-order valence-corrected chi connectivity index (χ0v) is 9.62. The molecule has 0 aliphatic rings. The third kappa shape index (κ3) is 4.86. The van der Waals surface area contributed by atoms with Crippen LogP contribution >= 0.6 is 0 Å². The minimum atomic E-state index is -4.41. The minimum absolute atomic E-state index is 0.0275. The van der Waals surface area contributed by atoms with Crippen molar-refractivity contribution in [2.75, 3.05) is 11.1 Å². The van der Waals surface area contributed by atoms with Crippen molar-refractivity contribution in [3.63, 3.8) is 0 Å². The number of halogens is 3. The van der Waals surface area contributed by atoms with Gasteiger partial charge >= 0.3 is 12.1 Å². The molecule has 1 aromatic rings. The van der Waals surface area contributed by atoms with Gasteiger partial charge in [0.25, 0.3) is 0 Å². The van der Waals surface area contributed by atoms with Gasteiger partial charge in [-0.05, 0) is 18.2 Å². The monoisotopic (exact) mass is 276 g/mol. The summed E-state index contributed by atoms with van der Waals surface area (Å²) >= 11 is 0. The fourth-order valence-electron chi connectivity index (χ4n) is 1.28. The molecule has 0 bridgehead atoms. The zero-order chi connectivity index (χ0) is 14.6. The Kier molecular flexibility index (Phi) is 4.36. The van der Waals surface area contributed by atoms with Gasteiger partial charge in [0.05, 0.1) is 23.4 Å². The van der Waals surface area contributed by atoms with E-state index in [-0.39, 0.29) is 16.9 Å². The Balaban J connectivity index is 2.67. The molecular formula is C11H11F3N2O3. The van der Waals surface area contributed by atoms with Crippen LogP contribution in [-0.2, 0) is 4.79 Å². The standard InChI is InChI=1S/C11H11F3N2O3/c12-11(13,14)4-3-9(17)16-8-2-1-6(10(18)19)5-7(8)15/h1-2,5H,3-4,15H2,(H,16,17)(H,18,19). The van der Waals surface area contributed by atoms with Crippen molar-refractivity contribution >= 4 is 23.3 Å². The lowest BCUT2D eigenvalue weighted by atomic mass is 10.1. The Hall–Kier alpha value is -2.25. The Morgan fingerprint density at radius 3 is 2.42 bits per heavy atom. The van der Waals surface area contributed by atoms with E-state index in [0.717, 1.165) is 6.07 Å². The van der Waals surface area contributed by atoms with Gasteiger partial charge < -0.3 is 16.2 Å². The molecule has 1 rings (SSSR count). The quantitative estimate of drug-likeness (QED) is 0.735. The first-order chi connectivity index (χ1) is 8.69. The molecule has 0 saturated carbocycles. The molecule has 4 N–H and O–H groups in total. The molecule has 104 valence electrons. The van der Waals surface area contributed by atoms with Crippen molar-refractivity contribution in [2.24, 2.45) is 0 Å². The number of benzene rings is 1. The first-order valence-corrected chi connectivity index (χ1v) is 5.18. The van der Waals surface area contributed by atoms with Crippen LogP contribution in [0.2, 0.25) is 0 Å². The van der Waals surface area contributed by atoms with E-state index >= 15 is 0 Å². The maximum atomic E-state index is 11.9. The third-order valence-corrected chi connectivity index (χ3v) is 2.21. The fourth-order valence-corrected chi connectivity index (χ4v) is 1.28. The van der Waals surface area contributed by atoms with Crippen molar-refractivity contribution in [3.8, 4) is 0 Å². The van der Waals surface area contributed by atoms with E-state index < -0.39 is 30.9 Å². The summed E-state index contributed by atoms with van der Waals surface area (Å²) in [5.74, 6) is -2.03. The summed E-state index contributed by atoms with van der Waals surface area (Å²) in [6, 6.07) is 3.53. The number of nitrogens with one attached hydrogen (secondary N) is 1. The lowest BCUT2D eigenvalue weighted by Gasteiger charge is -2.10. The van der Waals surface area contributed by atoms with Crippen LogP contribution in [0.15, 0.2) is 18.2 Å². The predicted molar refractivity (Wildman–Crippen MR) is 61.7 cm³/mol. The summed E-state index contributed by atoms with van der Waals surface area (Å²) in [6.45, 7) is 0. The molecule has 0 aromatic heterocycles. The molecule has 1 amide bonds. The molecule has 0 heterocycles. The maximum Gasteiger partial charge on any atom is 0.389 e. The third-order valence-electron chi connectivity index (χ3n) is 2.21. The van der Waals surface area contributed by atoms with Crippen LogP contribution in [0.3, 0.4) is 0 Å². The van der Waals surface area contributed by atoms with Crippen LogP contribution in [0.1, 0.15) is 23.2 Å². The second kappa shape index (κ2) is 5.59. The van der Waals surface area contributed by atoms with E-state index in [1.165, 1.54) is 12.1 Å². The van der Waals surface area contributed by atoms with Crippen LogP contribution in [0, 0.1) is 0 Å². The Morgan fingerprint density at radius 2 is 1.95 bits per heavy atom. The number of hydrogen-bond acceptors (Lipinski definition) is 3. The van der Waals surface area contributed by atoms with E-state index in [4.69, 9.17) is 10.8 Å². The summed E-state index contributed by atoms with van der Waals surface area (Å²) in [6.07, 6.45) is -6.36. The second-order valence-corrected chi connectivity index (χ2v) is 3.77. The highest BCUT2D eigenvalue weighted by atomic mass is 19.4. The summed E-state index contributed by atoms with van der Waals surface area (Å²) in [5.41, 5.74) is 5.46. The normalized spacial score (nSPS) is 11.1. The Labute approximate surface area is 106 Å². The van der Waals surface area contributed by atoms with Gasteiger partial charge in [-0.25, -0.2) is 4.79 Å². The molecule has 0 aliphatic carbocycles. The number of carboxylic acid groups (broad SMARTS) is 1. The molecule has 0 atom stereocenters. The maximum absolute atomic E-state index is 11.9. The highest BCUT2D eigenvalue weighted by molar-refractivity contribution is 5.96. The molecular weight excluding hydrogens is 265 g/mol. The molecule has 0 aliphatic heterocycles. The van der Waals surface area contributed by atoms with Crippen molar-refractivity contribution in [2.45, 2.75) is 19.0 Å². The van der Waals surface area contributed by atoms with Gasteiger partial charge in [0.15, 0.2) is 0 Å². The fraction of sp³-hybridized carbons (Fsp3) is 0.273. The number of nitrogens with two attached hydrogens (primary N) is 1. The number of hydrogen-bond donors (Lipinski definition) is 3. The van der Waals surface area contributed by atoms with Crippen LogP contribution in [0.25, 0.3) is 0 Å². The number of amides is 1. The molecule has 1 aromatic carbocycles. The molecule has 0 spiro atoms. The first kappa shape index (κ1) is 14.8. The number of anilines is 2. The van der Waals surface area contributed by atoms with Crippen LogP contribution < -0.4 is 11.1 Å². The number of carboxylic acids is 1. The molecule has 19 heavy (non-hydrogen) atoms. The van der Waals surface area contributed by atoms with Gasteiger partial charge in [0, 0.05) is 6.42 Å². The molecule has 8 heteroatoms. The number of carbonyl (C=O) groups is 2. The molecule has 0 unspecified atom stereocenters. The molecule has 0 radical (unpaired) electrons. The largest absolute Gasteiger partial charge is 0.478 e. The van der Waals surface area contributed by atoms with E-state index in [1.54, 1.807) is 0 Å². The lowest BCUT2D eigenvalue weighted by molar-refractivity contribution is -0.142. The summed E-state index contributed by atoms with van der Waals surface area (Å²) < 4.78 is 35.7. The summed E-state index contributed by atoms with van der Waals surface area (Å²) in [4.78, 5) is 21.9. The van der Waals surface area contributed by atoms with Gasteiger partial charge in [-0.1, -0.05) is 0 Å². The summed E-state index contributed by atoms with van der Waals surface area (Å²) in [5, 5.41) is 10.9. The number of rotatable bonds is 4. The minimum Gasteiger partial charge on any atom is -0.478 e. The van der Waals surface area contributed by atoms with E-state index in [9.17, 15) is 22.8 Å². The van der Waals surface area contributed by atoms with Crippen molar-refractivity contribution < 1.29 is 27.9 Å². The lowest BCUT2D eigenvalue weighted by Crippen LogP contribution is -2.17. The van der Waals surface area contributed by atoms with Crippen LogP contribution in [0.4, 0.5) is 24.5 Å². The molecule has 0 fully saturated rings. The zero-order valence-electron chi connectivity index (χ0n) is 9.62. The van der Waals surface area contributed by atoms with Gasteiger partial charge in [-0.3, -0.25) is 4.79 Å². The number of aromatic carboxylic acids is 1. The molecule has 0 saturated heterocycles. The van der Waals surface area contributed by atoms with E-state index in [1.807, 2.05) is 0 Å². The van der Waals surface area contributed by atoms with Crippen LogP contribution in [0.5, 0.6) is 0 Å². The topological polar surface area (TPSA) is 92.4 Å². The van der Waals surface area contributed by atoms with E-state index in [2.05, 4.69) is 5.32 Å². The summed E-state index contributed by atoms with van der Waals surface area (Å²) in [7, 11) is 0. The van der Waals surface area contributed by atoms with Crippen LogP contribution in [-0.4, -0.2) is 23.2 Å². The second-order valence-electron chi connectivity index (χ2n) is 3.77. The van der Waals surface area contributed by atoms with Gasteiger partial charge in [-0.2, -0.15) is 13.2 Å². The Morgan fingerprint density at radius 1 is 1.32 bits per heavy atom. The SMILES string of the molecule is Nc1cc(C(=O)O)ccc1NC(=O)CCC(F)(F)F.